The minimum absolute atomic E-state index is 0.542. The number of benzene rings is 1. The molecule has 2 rings (SSSR count). The number of rotatable bonds is 6. The lowest BCUT2D eigenvalue weighted by atomic mass is 10.0. The second-order valence-electron chi connectivity index (χ2n) is 5.34. The van der Waals surface area contributed by atoms with Gasteiger partial charge in [0.2, 0.25) is 0 Å². The Kier molecular flexibility index (Phi) is 4.85. The highest BCUT2D eigenvalue weighted by molar-refractivity contribution is 5.29. The van der Waals surface area contributed by atoms with E-state index < -0.39 is 0 Å². The van der Waals surface area contributed by atoms with Crippen LogP contribution in [0.5, 0.6) is 5.75 Å². The van der Waals surface area contributed by atoms with Crippen LogP contribution in [0.3, 0.4) is 0 Å². The molecule has 0 spiro atoms. The van der Waals surface area contributed by atoms with Crippen LogP contribution in [0.1, 0.15) is 42.4 Å². The van der Waals surface area contributed by atoms with E-state index in [9.17, 15) is 0 Å². The first-order chi connectivity index (χ1) is 9.60. The first-order valence-corrected chi connectivity index (χ1v) is 7.05. The molecule has 1 aromatic heterocycles. The zero-order valence-corrected chi connectivity index (χ0v) is 12.7. The van der Waals surface area contributed by atoms with Gasteiger partial charge >= 0.3 is 0 Å². The molecule has 0 aliphatic rings. The molecule has 0 atom stereocenters. The molecule has 3 heteroatoms. The van der Waals surface area contributed by atoms with Gasteiger partial charge < -0.3 is 14.5 Å². The molecule has 1 aromatic carbocycles. The van der Waals surface area contributed by atoms with E-state index in [1.54, 1.807) is 0 Å². The highest BCUT2D eigenvalue weighted by Gasteiger charge is 2.08. The quantitative estimate of drug-likeness (QED) is 0.863. The van der Waals surface area contributed by atoms with E-state index in [2.05, 4.69) is 31.3 Å². The topological polar surface area (TPSA) is 34.4 Å². The SMILES string of the molecule is CNCc1cc(COc2ccc(C(C)C)cc2)c(C)o1. The van der Waals surface area contributed by atoms with Crippen molar-refractivity contribution < 1.29 is 9.15 Å². The molecule has 0 radical (unpaired) electrons. The van der Waals surface area contributed by atoms with Crippen molar-refractivity contribution in [3.63, 3.8) is 0 Å². The summed E-state index contributed by atoms with van der Waals surface area (Å²) in [7, 11) is 1.91. The van der Waals surface area contributed by atoms with Gasteiger partial charge in [-0.05, 0) is 43.7 Å². The average Bonchev–Trinajstić information content (AvgIpc) is 2.77. The van der Waals surface area contributed by atoms with Crippen molar-refractivity contribution in [3.05, 3.63) is 53.0 Å². The van der Waals surface area contributed by atoms with Crippen molar-refractivity contribution in [2.45, 2.75) is 39.8 Å². The van der Waals surface area contributed by atoms with E-state index in [1.807, 2.05) is 32.2 Å². The lowest BCUT2D eigenvalue weighted by molar-refractivity contribution is 0.303. The van der Waals surface area contributed by atoms with Crippen LogP contribution >= 0.6 is 0 Å². The summed E-state index contributed by atoms with van der Waals surface area (Å²) in [6.07, 6.45) is 0. The van der Waals surface area contributed by atoms with Crippen LogP contribution in [-0.4, -0.2) is 7.05 Å². The number of aryl methyl sites for hydroxylation is 1. The summed E-state index contributed by atoms with van der Waals surface area (Å²) in [6, 6.07) is 10.3. The molecule has 108 valence electrons. The third-order valence-corrected chi connectivity index (χ3v) is 3.36. The molecule has 0 unspecified atom stereocenters. The number of ether oxygens (including phenoxy) is 1. The van der Waals surface area contributed by atoms with Gasteiger partial charge in [-0.25, -0.2) is 0 Å². The van der Waals surface area contributed by atoms with Gasteiger partial charge in [0.15, 0.2) is 0 Å². The van der Waals surface area contributed by atoms with Crippen molar-refractivity contribution in [3.8, 4) is 5.75 Å². The molecule has 1 heterocycles. The molecule has 0 fully saturated rings. The first kappa shape index (κ1) is 14.7. The van der Waals surface area contributed by atoms with Crippen LogP contribution in [0, 0.1) is 6.92 Å². The van der Waals surface area contributed by atoms with E-state index >= 15 is 0 Å². The Hall–Kier alpha value is -1.74. The monoisotopic (exact) mass is 273 g/mol. The van der Waals surface area contributed by atoms with Gasteiger partial charge in [0, 0.05) is 5.56 Å². The largest absolute Gasteiger partial charge is 0.489 e. The van der Waals surface area contributed by atoms with Crippen LogP contribution in [0.25, 0.3) is 0 Å². The number of furan rings is 1. The minimum atomic E-state index is 0.542. The molecular weight excluding hydrogens is 250 g/mol. The minimum Gasteiger partial charge on any atom is -0.489 e. The summed E-state index contributed by atoms with van der Waals surface area (Å²) in [5.74, 6) is 3.31. The Bertz CT molecular complexity index is 541. The van der Waals surface area contributed by atoms with E-state index in [0.29, 0.717) is 12.5 Å². The van der Waals surface area contributed by atoms with Crippen molar-refractivity contribution in [1.29, 1.82) is 0 Å². The van der Waals surface area contributed by atoms with Gasteiger partial charge in [-0.2, -0.15) is 0 Å². The molecule has 0 saturated heterocycles. The summed E-state index contributed by atoms with van der Waals surface area (Å²) in [5.41, 5.74) is 2.43. The number of hydrogen-bond donors (Lipinski definition) is 1. The third kappa shape index (κ3) is 3.64. The second kappa shape index (κ2) is 6.62. The van der Waals surface area contributed by atoms with Crippen LogP contribution in [0.4, 0.5) is 0 Å². The Balaban J connectivity index is 1.97. The normalized spacial score (nSPS) is 11.1. The fraction of sp³-hybridized carbons (Fsp3) is 0.412. The van der Waals surface area contributed by atoms with Crippen molar-refractivity contribution in [1.82, 2.24) is 5.32 Å². The molecular formula is C17H23NO2. The lowest BCUT2D eigenvalue weighted by Crippen LogP contribution is -2.03. The van der Waals surface area contributed by atoms with E-state index in [4.69, 9.17) is 9.15 Å². The molecule has 0 saturated carbocycles. The van der Waals surface area contributed by atoms with Gasteiger partial charge in [-0.15, -0.1) is 0 Å². The fourth-order valence-corrected chi connectivity index (χ4v) is 2.10. The molecule has 1 N–H and O–H groups in total. The fourth-order valence-electron chi connectivity index (χ4n) is 2.10. The van der Waals surface area contributed by atoms with Crippen molar-refractivity contribution in [2.24, 2.45) is 0 Å². The van der Waals surface area contributed by atoms with Crippen LogP contribution in [0.2, 0.25) is 0 Å². The highest BCUT2D eigenvalue weighted by atomic mass is 16.5. The Morgan fingerprint density at radius 3 is 2.50 bits per heavy atom. The predicted molar refractivity (Wildman–Crippen MR) is 81.1 cm³/mol. The van der Waals surface area contributed by atoms with Crippen molar-refractivity contribution >= 4 is 0 Å². The number of nitrogens with one attached hydrogen (secondary N) is 1. The van der Waals surface area contributed by atoms with Crippen molar-refractivity contribution in [2.75, 3.05) is 7.05 Å². The lowest BCUT2D eigenvalue weighted by Gasteiger charge is -2.08. The summed E-state index contributed by atoms with van der Waals surface area (Å²) in [5, 5.41) is 3.08. The van der Waals surface area contributed by atoms with Gasteiger partial charge in [0.05, 0.1) is 6.54 Å². The van der Waals surface area contributed by atoms with Crippen LogP contribution in [0.15, 0.2) is 34.7 Å². The Morgan fingerprint density at radius 1 is 1.20 bits per heavy atom. The number of hydrogen-bond acceptors (Lipinski definition) is 3. The molecule has 0 bridgehead atoms. The summed E-state index contributed by atoms with van der Waals surface area (Å²) in [4.78, 5) is 0. The van der Waals surface area contributed by atoms with E-state index in [1.165, 1.54) is 5.56 Å². The standard InChI is InChI=1S/C17H23NO2/c1-12(2)14-5-7-16(8-6-14)19-11-15-9-17(10-18-4)20-13(15)3/h5-9,12,18H,10-11H2,1-4H3. The maximum atomic E-state index is 5.82. The molecule has 3 nitrogen and oxygen atoms in total. The van der Waals surface area contributed by atoms with E-state index in [-0.39, 0.29) is 0 Å². The van der Waals surface area contributed by atoms with Crippen LogP contribution < -0.4 is 10.1 Å². The highest BCUT2D eigenvalue weighted by Crippen LogP contribution is 2.21. The maximum Gasteiger partial charge on any atom is 0.119 e. The summed E-state index contributed by atoms with van der Waals surface area (Å²) >= 11 is 0. The second-order valence-corrected chi connectivity index (χ2v) is 5.34. The first-order valence-electron chi connectivity index (χ1n) is 7.05. The molecule has 0 amide bonds. The zero-order chi connectivity index (χ0) is 14.5. The summed E-state index contributed by atoms with van der Waals surface area (Å²) < 4.78 is 11.5. The predicted octanol–water partition coefficient (Wildman–Crippen LogP) is 4.01. The summed E-state index contributed by atoms with van der Waals surface area (Å²) in [6.45, 7) is 7.63. The van der Waals surface area contributed by atoms with Gasteiger partial charge in [-0.1, -0.05) is 26.0 Å². The molecule has 20 heavy (non-hydrogen) atoms. The van der Waals surface area contributed by atoms with Crippen LogP contribution in [-0.2, 0) is 13.2 Å². The average molecular weight is 273 g/mol. The Labute approximate surface area is 121 Å². The molecule has 2 aromatic rings. The molecule has 0 aliphatic heterocycles. The third-order valence-electron chi connectivity index (χ3n) is 3.36. The maximum absolute atomic E-state index is 5.82. The zero-order valence-electron chi connectivity index (χ0n) is 12.7. The van der Waals surface area contributed by atoms with E-state index in [0.717, 1.165) is 29.4 Å². The molecule has 0 aliphatic carbocycles. The van der Waals surface area contributed by atoms with Gasteiger partial charge in [0.1, 0.15) is 23.9 Å². The smallest absolute Gasteiger partial charge is 0.119 e. The van der Waals surface area contributed by atoms with Gasteiger partial charge in [-0.3, -0.25) is 0 Å². The Morgan fingerprint density at radius 2 is 1.90 bits per heavy atom. The van der Waals surface area contributed by atoms with Gasteiger partial charge in [0.25, 0.3) is 0 Å².